The Morgan fingerprint density at radius 2 is 1.97 bits per heavy atom. The van der Waals surface area contributed by atoms with Gasteiger partial charge in [0.05, 0.1) is 0 Å². The molecule has 1 aliphatic heterocycles. The zero-order valence-electron chi connectivity index (χ0n) is 19.3. The highest BCUT2D eigenvalue weighted by Gasteiger charge is 2.58. The lowest BCUT2D eigenvalue weighted by molar-refractivity contribution is -0.141. The Morgan fingerprint density at radius 3 is 2.70 bits per heavy atom. The zero-order valence-corrected chi connectivity index (χ0v) is 19.3. The van der Waals surface area contributed by atoms with Gasteiger partial charge in [0.15, 0.2) is 0 Å². The van der Waals surface area contributed by atoms with Gasteiger partial charge in [-0.1, -0.05) is 80.3 Å². The Kier molecular flexibility index (Phi) is 5.47. The van der Waals surface area contributed by atoms with Gasteiger partial charge in [0.25, 0.3) is 5.91 Å². The first-order chi connectivity index (χ1) is 15.9. The van der Waals surface area contributed by atoms with Crippen LogP contribution < -0.4 is 10.6 Å². The van der Waals surface area contributed by atoms with E-state index in [1.54, 1.807) is 0 Å². The predicted molar refractivity (Wildman–Crippen MR) is 125 cm³/mol. The molecule has 1 saturated heterocycles. The monoisotopic (exact) mass is 445 g/mol. The molecule has 6 heteroatoms. The van der Waals surface area contributed by atoms with Crippen molar-refractivity contribution in [3.8, 4) is 0 Å². The Hall–Kier alpha value is -3.15. The molecule has 2 aromatic rings. The lowest BCUT2D eigenvalue weighted by Crippen LogP contribution is -2.55. The van der Waals surface area contributed by atoms with Crippen molar-refractivity contribution in [2.45, 2.75) is 64.1 Å². The fourth-order valence-corrected chi connectivity index (χ4v) is 5.74. The van der Waals surface area contributed by atoms with E-state index >= 15 is 0 Å². The molecular weight excluding hydrogens is 414 g/mol. The van der Waals surface area contributed by atoms with Crippen LogP contribution in [0.4, 0.5) is 4.79 Å². The first-order valence-corrected chi connectivity index (χ1v) is 12.0. The average molecular weight is 446 g/mol. The van der Waals surface area contributed by atoms with Crippen molar-refractivity contribution in [2.75, 3.05) is 0 Å². The fourth-order valence-electron chi connectivity index (χ4n) is 5.74. The molecule has 0 bridgehead atoms. The first-order valence-electron chi connectivity index (χ1n) is 12.0. The normalized spacial score (nSPS) is 23.8. The third kappa shape index (κ3) is 3.62. The Bertz CT molecular complexity index is 1110. The van der Waals surface area contributed by atoms with E-state index < -0.39 is 17.6 Å². The van der Waals surface area contributed by atoms with Gasteiger partial charge in [-0.15, -0.1) is 0 Å². The van der Waals surface area contributed by atoms with Crippen LogP contribution >= 0.6 is 0 Å². The van der Waals surface area contributed by atoms with Gasteiger partial charge in [-0.3, -0.25) is 9.59 Å². The van der Waals surface area contributed by atoms with Crippen LogP contribution in [0.1, 0.15) is 54.9 Å². The largest absolute Gasteiger partial charge is 0.350 e. The minimum absolute atomic E-state index is 0.0993. The molecule has 33 heavy (non-hydrogen) atoms. The number of rotatable bonds is 6. The topological polar surface area (TPSA) is 78.5 Å². The summed E-state index contributed by atoms with van der Waals surface area (Å²) in [6.45, 7) is 4.39. The summed E-state index contributed by atoms with van der Waals surface area (Å²) in [5, 5.41) is 6.00. The summed E-state index contributed by atoms with van der Waals surface area (Å²) in [6.07, 6.45) is 4.45. The van der Waals surface area contributed by atoms with E-state index in [-0.39, 0.29) is 17.7 Å². The number of urea groups is 1. The van der Waals surface area contributed by atoms with Crippen LogP contribution in [-0.4, -0.2) is 28.8 Å². The van der Waals surface area contributed by atoms with Gasteiger partial charge < -0.3 is 10.6 Å². The summed E-state index contributed by atoms with van der Waals surface area (Å²) in [6, 6.07) is 14.5. The molecule has 2 aromatic carbocycles. The Labute approximate surface area is 194 Å². The molecule has 6 nitrogen and oxygen atoms in total. The molecule has 5 rings (SSSR count). The maximum absolute atomic E-state index is 13.9. The third-order valence-corrected chi connectivity index (χ3v) is 7.86. The van der Waals surface area contributed by atoms with E-state index in [9.17, 15) is 14.4 Å². The number of aryl methyl sites for hydroxylation is 2. The van der Waals surface area contributed by atoms with Crippen molar-refractivity contribution in [3.05, 3.63) is 70.8 Å². The van der Waals surface area contributed by atoms with Gasteiger partial charge in [-0.25, -0.2) is 9.69 Å². The number of nitrogens with zero attached hydrogens (tertiary/aromatic N) is 1. The summed E-state index contributed by atoms with van der Waals surface area (Å²) in [5.41, 5.74) is 3.01. The summed E-state index contributed by atoms with van der Waals surface area (Å²) >= 11 is 0. The first kappa shape index (κ1) is 21.7. The SMILES string of the molecule is Cc1cccc(CNC(=O)C([C@@H](C)C2CCC2)N2C(=O)N[C@]3(CCc4ccccc43)C2=O)c1. The number of carbonyl (C=O) groups excluding carboxylic acids is 3. The average Bonchev–Trinajstić information content (AvgIpc) is 3.24. The lowest BCUT2D eigenvalue weighted by atomic mass is 9.73. The molecule has 1 unspecified atom stereocenters. The minimum atomic E-state index is -1.05. The van der Waals surface area contributed by atoms with Crippen LogP contribution in [0.15, 0.2) is 48.5 Å². The molecule has 1 heterocycles. The van der Waals surface area contributed by atoms with Crippen LogP contribution in [-0.2, 0) is 28.1 Å². The minimum Gasteiger partial charge on any atom is -0.350 e. The molecule has 0 aromatic heterocycles. The predicted octanol–water partition coefficient (Wildman–Crippen LogP) is 3.81. The molecule has 3 aliphatic rings. The van der Waals surface area contributed by atoms with Crippen molar-refractivity contribution in [1.82, 2.24) is 15.5 Å². The highest BCUT2D eigenvalue weighted by atomic mass is 16.2. The summed E-state index contributed by atoms with van der Waals surface area (Å²) in [5.74, 6) is -0.312. The fraction of sp³-hybridized carbons (Fsp3) is 0.444. The number of hydrogen-bond donors (Lipinski definition) is 2. The zero-order chi connectivity index (χ0) is 23.2. The van der Waals surface area contributed by atoms with E-state index in [2.05, 4.69) is 10.6 Å². The van der Waals surface area contributed by atoms with Crippen molar-refractivity contribution >= 4 is 17.8 Å². The molecule has 4 amide bonds. The van der Waals surface area contributed by atoms with Crippen LogP contribution in [0.3, 0.4) is 0 Å². The molecule has 172 valence electrons. The van der Waals surface area contributed by atoms with E-state index in [1.165, 1.54) is 4.90 Å². The van der Waals surface area contributed by atoms with Crippen molar-refractivity contribution < 1.29 is 14.4 Å². The second-order valence-electron chi connectivity index (χ2n) is 9.87. The molecule has 2 aliphatic carbocycles. The summed E-state index contributed by atoms with van der Waals surface area (Å²) < 4.78 is 0. The molecular formula is C27H31N3O3. The second-order valence-corrected chi connectivity index (χ2v) is 9.87. The molecule has 3 atom stereocenters. The molecule has 1 spiro atoms. The highest BCUT2D eigenvalue weighted by Crippen LogP contribution is 2.44. The maximum Gasteiger partial charge on any atom is 0.326 e. The smallest absolute Gasteiger partial charge is 0.326 e. The van der Waals surface area contributed by atoms with Gasteiger partial charge >= 0.3 is 6.03 Å². The molecule has 2 fully saturated rings. The Morgan fingerprint density at radius 1 is 1.18 bits per heavy atom. The van der Waals surface area contributed by atoms with E-state index in [0.29, 0.717) is 18.9 Å². The van der Waals surface area contributed by atoms with Crippen molar-refractivity contribution in [2.24, 2.45) is 11.8 Å². The number of imide groups is 1. The van der Waals surface area contributed by atoms with Crippen LogP contribution in [0.5, 0.6) is 0 Å². The lowest BCUT2D eigenvalue weighted by Gasteiger charge is -2.38. The van der Waals surface area contributed by atoms with E-state index in [4.69, 9.17) is 0 Å². The van der Waals surface area contributed by atoms with Crippen LogP contribution in [0, 0.1) is 18.8 Å². The molecule has 2 N–H and O–H groups in total. The number of benzene rings is 2. The number of amides is 4. The quantitative estimate of drug-likeness (QED) is 0.664. The highest BCUT2D eigenvalue weighted by molar-refractivity contribution is 6.10. The van der Waals surface area contributed by atoms with E-state index in [0.717, 1.165) is 47.9 Å². The van der Waals surface area contributed by atoms with Gasteiger partial charge in [-0.2, -0.15) is 0 Å². The number of fused-ring (bicyclic) bond motifs is 2. The maximum atomic E-state index is 13.9. The van der Waals surface area contributed by atoms with Gasteiger partial charge in [0, 0.05) is 6.54 Å². The molecule has 0 radical (unpaired) electrons. The summed E-state index contributed by atoms with van der Waals surface area (Å²) in [4.78, 5) is 41.9. The third-order valence-electron chi connectivity index (χ3n) is 7.86. The standard InChI is InChI=1S/C27H31N3O3/c1-17-7-5-8-19(15-17)16-28-24(31)23(18(2)20-10-6-11-20)30-25(32)27(29-26(30)33)14-13-21-9-3-4-12-22(21)27/h3-5,7-9,12,15,18,20,23H,6,10-11,13-14,16H2,1-2H3,(H,28,31)(H,29,33)/t18-,23?,27-/m0/s1. The number of carbonyl (C=O) groups is 3. The number of nitrogens with one attached hydrogen (secondary N) is 2. The molecule has 1 saturated carbocycles. The van der Waals surface area contributed by atoms with Crippen LogP contribution in [0.25, 0.3) is 0 Å². The van der Waals surface area contributed by atoms with Gasteiger partial charge in [-0.05, 0) is 48.3 Å². The second kappa shape index (κ2) is 8.32. The van der Waals surface area contributed by atoms with Crippen LogP contribution in [0.2, 0.25) is 0 Å². The van der Waals surface area contributed by atoms with Gasteiger partial charge in [0.2, 0.25) is 5.91 Å². The van der Waals surface area contributed by atoms with Gasteiger partial charge in [0.1, 0.15) is 11.6 Å². The Balaban J connectivity index is 1.43. The summed E-state index contributed by atoms with van der Waals surface area (Å²) in [7, 11) is 0. The van der Waals surface area contributed by atoms with Crippen molar-refractivity contribution in [1.29, 1.82) is 0 Å². The van der Waals surface area contributed by atoms with Crippen molar-refractivity contribution in [3.63, 3.8) is 0 Å². The van der Waals surface area contributed by atoms with E-state index in [1.807, 2.05) is 62.4 Å². The number of hydrogen-bond acceptors (Lipinski definition) is 3.